The molecule has 1 unspecified atom stereocenters. The number of amides is 1. The first-order valence-electron chi connectivity index (χ1n) is 8.17. The molecule has 2 aromatic rings. The van der Waals surface area contributed by atoms with Crippen molar-refractivity contribution in [2.75, 3.05) is 0 Å². The summed E-state index contributed by atoms with van der Waals surface area (Å²) in [7, 11) is 0. The maximum atomic E-state index is 12.3. The zero-order valence-corrected chi connectivity index (χ0v) is 14.2. The SMILES string of the molecule is Cc1nn(CCC(=O)NC2CCc3c(O)cccc32)c(C)c1[N+](=O)[O-]. The van der Waals surface area contributed by atoms with Gasteiger partial charge in [-0.2, -0.15) is 5.10 Å². The molecule has 0 aliphatic heterocycles. The number of phenols is 1. The first-order valence-corrected chi connectivity index (χ1v) is 8.17. The number of aryl methyl sites for hydroxylation is 2. The van der Waals surface area contributed by atoms with Gasteiger partial charge in [-0.3, -0.25) is 19.6 Å². The van der Waals surface area contributed by atoms with Gasteiger partial charge < -0.3 is 10.4 Å². The number of phenolic OH excluding ortho intramolecular Hbond substituents is 1. The molecule has 1 aromatic heterocycles. The number of nitro groups is 1. The third-order valence-corrected chi connectivity index (χ3v) is 4.66. The van der Waals surface area contributed by atoms with Crippen molar-refractivity contribution < 1.29 is 14.8 Å². The fraction of sp³-hybridized carbons (Fsp3) is 0.412. The lowest BCUT2D eigenvalue weighted by molar-refractivity contribution is -0.386. The molecule has 8 heteroatoms. The van der Waals surface area contributed by atoms with Crippen molar-refractivity contribution in [1.82, 2.24) is 15.1 Å². The lowest BCUT2D eigenvalue weighted by Crippen LogP contribution is -2.28. The lowest BCUT2D eigenvalue weighted by Gasteiger charge is -2.14. The van der Waals surface area contributed by atoms with E-state index in [4.69, 9.17) is 0 Å². The van der Waals surface area contributed by atoms with Gasteiger partial charge in [-0.15, -0.1) is 0 Å². The summed E-state index contributed by atoms with van der Waals surface area (Å²) in [5.74, 6) is 0.126. The number of aromatic hydroxyl groups is 1. The van der Waals surface area contributed by atoms with Crippen molar-refractivity contribution in [3.63, 3.8) is 0 Å². The molecule has 0 bridgehead atoms. The molecule has 1 amide bonds. The molecule has 132 valence electrons. The molecule has 25 heavy (non-hydrogen) atoms. The second-order valence-corrected chi connectivity index (χ2v) is 6.25. The second-order valence-electron chi connectivity index (χ2n) is 6.25. The number of nitrogens with one attached hydrogen (secondary N) is 1. The Kier molecular flexibility index (Phi) is 4.43. The number of benzene rings is 1. The molecule has 1 atom stereocenters. The minimum Gasteiger partial charge on any atom is -0.508 e. The highest BCUT2D eigenvalue weighted by Crippen LogP contribution is 2.36. The molecule has 0 spiro atoms. The number of carbonyl (C=O) groups is 1. The Morgan fingerprint density at radius 3 is 2.92 bits per heavy atom. The molecule has 0 radical (unpaired) electrons. The Morgan fingerprint density at radius 2 is 2.24 bits per heavy atom. The monoisotopic (exact) mass is 344 g/mol. The summed E-state index contributed by atoms with van der Waals surface area (Å²) in [4.78, 5) is 22.8. The number of aromatic nitrogens is 2. The predicted molar refractivity (Wildman–Crippen MR) is 90.3 cm³/mol. The maximum Gasteiger partial charge on any atom is 0.312 e. The number of hydrogen-bond acceptors (Lipinski definition) is 5. The van der Waals surface area contributed by atoms with Crippen LogP contribution in [0.4, 0.5) is 5.69 Å². The van der Waals surface area contributed by atoms with Crippen LogP contribution in [0.3, 0.4) is 0 Å². The summed E-state index contributed by atoms with van der Waals surface area (Å²) >= 11 is 0. The van der Waals surface area contributed by atoms with Crippen LogP contribution < -0.4 is 5.32 Å². The normalized spacial score (nSPS) is 15.8. The van der Waals surface area contributed by atoms with E-state index < -0.39 is 4.92 Å². The second kappa shape index (κ2) is 6.54. The van der Waals surface area contributed by atoms with E-state index in [1.54, 1.807) is 26.0 Å². The minimum absolute atomic E-state index is 0.000559. The van der Waals surface area contributed by atoms with E-state index in [1.165, 1.54) is 4.68 Å². The Labute approximate surface area is 144 Å². The van der Waals surface area contributed by atoms with E-state index in [9.17, 15) is 20.0 Å². The highest BCUT2D eigenvalue weighted by atomic mass is 16.6. The van der Waals surface area contributed by atoms with E-state index in [0.29, 0.717) is 11.4 Å². The van der Waals surface area contributed by atoms with Crippen LogP contribution in [0.1, 0.15) is 41.4 Å². The van der Waals surface area contributed by atoms with Gasteiger partial charge in [-0.05, 0) is 43.9 Å². The van der Waals surface area contributed by atoms with Crippen molar-refractivity contribution in [3.05, 3.63) is 50.8 Å². The molecule has 0 saturated carbocycles. The molecule has 3 rings (SSSR count). The van der Waals surface area contributed by atoms with Gasteiger partial charge >= 0.3 is 5.69 Å². The van der Waals surface area contributed by atoms with Crippen LogP contribution in [0, 0.1) is 24.0 Å². The zero-order chi connectivity index (χ0) is 18.1. The van der Waals surface area contributed by atoms with Crippen LogP contribution in [0.15, 0.2) is 18.2 Å². The minimum atomic E-state index is -0.448. The van der Waals surface area contributed by atoms with Crippen molar-refractivity contribution in [2.24, 2.45) is 0 Å². The standard InChI is InChI=1S/C17H20N4O4/c1-10-17(21(24)25)11(2)20(19-10)9-8-16(23)18-14-7-6-13-12(14)4-3-5-15(13)22/h3-5,14,22H,6-9H2,1-2H3,(H,18,23). The Bertz CT molecular complexity index is 843. The number of fused-ring (bicyclic) bond motifs is 1. The Balaban J connectivity index is 1.63. The van der Waals surface area contributed by atoms with Crippen LogP contribution in [0.5, 0.6) is 5.75 Å². The quantitative estimate of drug-likeness (QED) is 0.639. The Hall–Kier alpha value is -2.90. The zero-order valence-electron chi connectivity index (χ0n) is 14.2. The average Bonchev–Trinajstić information content (AvgIpc) is 3.07. The van der Waals surface area contributed by atoms with Gasteiger partial charge in [0.2, 0.25) is 5.91 Å². The maximum absolute atomic E-state index is 12.3. The van der Waals surface area contributed by atoms with Gasteiger partial charge in [-0.1, -0.05) is 12.1 Å². The molecular formula is C17H20N4O4. The topological polar surface area (TPSA) is 110 Å². The highest BCUT2D eigenvalue weighted by Gasteiger charge is 2.26. The molecule has 8 nitrogen and oxygen atoms in total. The molecule has 1 aromatic carbocycles. The summed E-state index contributed by atoms with van der Waals surface area (Å²) in [6.45, 7) is 3.50. The van der Waals surface area contributed by atoms with Crippen LogP contribution in [0.25, 0.3) is 0 Å². The number of nitrogens with zero attached hydrogens (tertiary/aromatic N) is 3. The van der Waals surface area contributed by atoms with Crippen LogP contribution in [0.2, 0.25) is 0 Å². The van der Waals surface area contributed by atoms with Crippen molar-refractivity contribution in [1.29, 1.82) is 0 Å². The lowest BCUT2D eigenvalue weighted by atomic mass is 10.1. The third kappa shape index (κ3) is 3.19. The molecular weight excluding hydrogens is 324 g/mol. The highest BCUT2D eigenvalue weighted by molar-refractivity contribution is 5.76. The summed E-state index contributed by atoms with van der Waals surface area (Å²) in [5.41, 5.74) is 2.65. The first-order chi connectivity index (χ1) is 11.9. The largest absolute Gasteiger partial charge is 0.508 e. The average molecular weight is 344 g/mol. The number of hydrogen-bond donors (Lipinski definition) is 2. The molecule has 2 N–H and O–H groups in total. The molecule has 1 heterocycles. The van der Waals surface area contributed by atoms with E-state index >= 15 is 0 Å². The van der Waals surface area contributed by atoms with Crippen LogP contribution in [-0.2, 0) is 17.8 Å². The fourth-order valence-electron chi connectivity index (χ4n) is 3.43. The van der Waals surface area contributed by atoms with Gasteiger partial charge in [0.1, 0.15) is 17.1 Å². The predicted octanol–water partition coefficient (Wildman–Crippen LogP) is 2.31. The first kappa shape index (κ1) is 16.9. The number of carbonyl (C=O) groups excluding carboxylic acids is 1. The van der Waals surface area contributed by atoms with Crippen molar-refractivity contribution >= 4 is 11.6 Å². The van der Waals surface area contributed by atoms with Crippen molar-refractivity contribution in [3.8, 4) is 5.75 Å². The Morgan fingerprint density at radius 1 is 1.48 bits per heavy atom. The van der Waals surface area contributed by atoms with Gasteiger partial charge in [0.05, 0.1) is 17.5 Å². The summed E-state index contributed by atoms with van der Waals surface area (Å²) in [6, 6.07) is 5.23. The van der Waals surface area contributed by atoms with Gasteiger partial charge in [0.25, 0.3) is 0 Å². The molecule has 0 fully saturated rings. The van der Waals surface area contributed by atoms with Crippen LogP contribution in [-0.4, -0.2) is 25.7 Å². The van der Waals surface area contributed by atoms with Gasteiger partial charge in [0, 0.05) is 6.42 Å². The van der Waals surface area contributed by atoms with E-state index in [2.05, 4.69) is 10.4 Å². The van der Waals surface area contributed by atoms with E-state index in [0.717, 1.165) is 24.0 Å². The number of rotatable bonds is 5. The van der Waals surface area contributed by atoms with Crippen molar-refractivity contribution in [2.45, 2.75) is 45.7 Å². The molecule has 0 saturated heterocycles. The molecule has 1 aliphatic carbocycles. The van der Waals surface area contributed by atoms with Crippen LogP contribution >= 0.6 is 0 Å². The summed E-state index contributed by atoms with van der Waals surface area (Å²) < 4.78 is 1.50. The summed E-state index contributed by atoms with van der Waals surface area (Å²) in [5, 5.41) is 28.0. The van der Waals surface area contributed by atoms with Gasteiger partial charge in [-0.25, -0.2) is 0 Å². The fourth-order valence-corrected chi connectivity index (χ4v) is 3.43. The van der Waals surface area contributed by atoms with E-state index in [-0.39, 0.29) is 36.4 Å². The summed E-state index contributed by atoms with van der Waals surface area (Å²) in [6.07, 6.45) is 1.67. The van der Waals surface area contributed by atoms with Gasteiger partial charge in [0.15, 0.2) is 0 Å². The smallest absolute Gasteiger partial charge is 0.312 e. The molecule has 1 aliphatic rings. The van der Waals surface area contributed by atoms with E-state index in [1.807, 2.05) is 6.07 Å². The third-order valence-electron chi connectivity index (χ3n) is 4.66.